The first-order valence-electron chi connectivity index (χ1n) is 11.2. The van der Waals surface area contributed by atoms with Crippen molar-refractivity contribution in [2.24, 2.45) is 16.9 Å². The van der Waals surface area contributed by atoms with E-state index < -0.39 is 0 Å². The number of amides is 1. The van der Waals surface area contributed by atoms with Crippen molar-refractivity contribution in [2.45, 2.75) is 52.0 Å². The van der Waals surface area contributed by atoms with E-state index in [0.717, 1.165) is 38.4 Å². The van der Waals surface area contributed by atoms with E-state index in [9.17, 15) is 4.79 Å². The van der Waals surface area contributed by atoms with Gasteiger partial charge < -0.3 is 15.0 Å². The van der Waals surface area contributed by atoms with Crippen LogP contribution in [0.1, 0.15) is 44.6 Å². The molecular formula is C24H36N4O2. The molecule has 1 amide bonds. The first-order chi connectivity index (χ1) is 14.6. The van der Waals surface area contributed by atoms with Crippen LogP contribution in [0.25, 0.3) is 0 Å². The second-order valence-electron chi connectivity index (χ2n) is 8.53. The van der Waals surface area contributed by atoms with Crippen LogP contribution in [0.5, 0.6) is 0 Å². The Bertz CT molecular complexity index is 702. The average Bonchev–Trinajstić information content (AvgIpc) is 3.05. The molecule has 30 heavy (non-hydrogen) atoms. The van der Waals surface area contributed by atoms with Crippen molar-refractivity contribution in [3.63, 3.8) is 0 Å². The standard InChI is InChI=1S/C24H36N4O2/c1-19-6-8-23(9-7-19)28(25-3)24(26-18-29)17-20(2)21-10-13-27(14-11-21)22-5-4-15-30-16-12-22/h6-9,17-18,20-22H,3-5,10-16H2,1-2H3,(H,26,29)/b24-17-. The van der Waals surface area contributed by atoms with E-state index in [2.05, 4.69) is 35.0 Å². The van der Waals surface area contributed by atoms with Crippen molar-refractivity contribution in [1.29, 1.82) is 0 Å². The monoisotopic (exact) mass is 412 g/mol. The predicted molar refractivity (Wildman–Crippen MR) is 122 cm³/mol. The molecule has 6 nitrogen and oxygen atoms in total. The van der Waals surface area contributed by atoms with Gasteiger partial charge in [0.1, 0.15) is 5.82 Å². The molecule has 3 rings (SSSR count). The van der Waals surface area contributed by atoms with E-state index in [1.807, 2.05) is 31.2 Å². The smallest absolute Gasteiger partial charge is 0.212 e. The van der Waals surface area contributed by atoms with Crippen molar-refractivity contribution in [3.05, 3.63) is 41.7 Å². The van der Waals surface area contributed by atoms with Crippen molar-refractivity contribution in [1.82, 2.24) is 10.2 Å². The summed E-state index contributed by atoms with van der Waals surface area (Å²) < 4.78 is 5.63. The predicted octanol–water partition coefficient (Wildman–Crippen LogP) is 3.92. The number of anilines is 1. The highest BCUT2D eigenvalue weighted by Crippen LogP contribution is 2.30. The maximum atomic E-state index is 11.3. The van der Waals surface area contributed by atoms with Crippen LogP contribution in [0.15, 0.2) is 41.3 Å². The second-order valence-corrected chi connectivity index (χ2v) is 8.53. The lowest BCUT2D eigenvalue weighted by Crippen LogP contribution is -2.42. The number of hydrogen-bond acceptors (Lipinski definition) is 5. The van der Waals surface area contributed by atoms with Gasteiger partial charge in [-0.3, -0.25) is 4.79 Å². The minimum absolute atomic E-state index is 0.335. The summed E-state index contributed by atoms with van der Waals surface area (Å²) in [4.78, 5) is 13.9. The Hall–Kier alpha value is -2.18. The fourth-order valence-corrected chi connectivity index (χ4v) is 4.67. The molecule has 0 radical (unpaired) electrons. The van der Waals surface area contributed by atoms with Crippen molar-refractivity contribution < 1.29 is 9.53 Å². The Morgan fingerprint density at radius 3 is 2.63 bits per heavy atom. The highest BCUT2D eigenvalue weighted by atomic mass is 16.5. The number of rotatable bonds is 8. The lowest BCUT2D eigenvalue weighted by atomic mass is 9.84. The third-order valence-electron chi connectivity index (χ3n) is 6.53. The van der Waals surface area contributed by atoms with Crippen LogP contribution in [-0.2, 0) is 9.53 Å². The largest absolute Gasteiger partial charge is 0.381 e. The van der Waals surface area contributed by atoms with Crippen LogP contribution in [-0.4, -0.2) is 50.4 Å². The minimum atomic E-state index is 0.335. The molecule has 0 spiro atoms. The van der Waals surface area contributed by atoms with Crippen molar-refractivity contribution in [2.75, 3.05) is 31.3 Å². The number of ether oxygens (including phenoxy) is 1. The number of hydrogen-bond donors (Lipinski definition) is 1. The van der Waals surface area contributed by atoms with E-state index in [4.69, 9.17) is 4.74 Å². The Morgan fingerprint density at radius 1 is 1.23 bits per heavy atom. The number of carbonyl (C=O) groups is 1. The molecule has 2 atom stereocenters. The Balaban J connectivity index is 1.64. The van der Waals surface area contributed by atoms with Gasteiger partial charge in [-0.2, -0.15) is 5.10 Å². The van der Waals surface area contributed by atoms with Gasteiger partial charge in [0, 0.05) is 26.0 Å². The highest BCUT2D eigenvalue weighted by molar-refractivity contribution is 5.59. The van der Waals surface area contributed by atoms with Crippen LogP contribution < -0.4 is 10.3 Å². The molecule has 2 aliphatic heterocycles. The third kappa shape index (κ3) is 5.92. The highest BCUT2D eigenvalue weighted by Gasteiger charge is 2.28. The number of aryl methyl sites for hydroxylation is 1. The molecule has 2 fully saturated rings. The molecule has 2 aliphatic rings. The lowest BCUT2D eigenvalue weighted by Gasteiger charge is -2.38. The van der Waals surface area contributed by atoms with E-state index >= 15 is 0 Å². The van der Waals surface area contributed by atoms with Crippen molar-refractivity contribution in [3.8, 4) is 0 Å². The first-order valence-corrected chi connectivity index (χ1v) is 11.2. The lowest BCUT2D eigenvalue weighted by molar-refractivity contribution is -0.109. The summed E-state index contributed by atoms with van der Waals surface area (Å²) in [6.45, 7) is 12.1. The third-order valence-corrected chi connectivity index (χ3v) is 6.53. The van der Waals surface area contributed by atoms with Gasteiger partial charge in [-0.25, -0.2) is 5.01 Å². The average molecular weight is 413 g/mol. The summed E-state index contributed by atoms with van der Waals surface area (Å²) in [5, 5.41) is 8.69. The summed E-state index contributed by atoms with van der Waals surface area (Å²) >= 11 is 0. The van der Waals surface area contributed by atoms with Crippen LogP contribution in [0.2, 0.25) is 0 Å². The number of nitrogens with zero attached hydrogens (tertiary/aromatic N) is 3. The number of hydrazone groups is 1. The number of carbonyl (C=O) groups excluding carboxylic acids is 1. The van der Waals surface area contributed by atoms with E-state index in [1.165, 1.54) is 31.2 Å². The summed E-state index contributed by atoms with van der Waals surface area (Å²) in [6, 6.07) is 8.72. The van der Waals surface area contributed by atoms with Gasteiger partial charge in [-0.15, -0.1) is 0 Å². The zero-order valence-corrected chi connectivity index (χ0v) is 18.4. The summed E-state index contributed by atoms with van der Waals surface area (Å²) in [5.74, 6) is 1.60. The molecule has 2 saturated heterocycles. The molecule has 0 saturated carbocycles. The Kier molecular flexibility index (Phi) is 8.46. The molecule has 164 valence electrons. The van der Waals surface area contributed by atoms with Crippen LogP contribution in [0.4, 0.5) is 5.69 Å². The molecular weight excluding hydrogens is 376 g/mol. The molecule has 2 heterocycles. The zero-order valence-electron chi connectivity index (χ0n) is 18.4. The second kappa shape index (κ2) is 11.3. The van der Waals surface area contributed by atoms with Gasteiger partial charge in [0.05, 0.1) is 5.69 Å². The Labute approximate surface area is 181 Å². The van der Waals surface area contributed by atoms with Crippen molar-refractivity contribution >= 4 is 18.8 Å². The van der Waals surface area contributed by atoms with Crippen LogP contribution in [0.3, 0.4) is 0 Å². The van der Waals surface area contributed by atoms with E-state index in [-0.39, 0.29) is 0 Å². The van der Waals surface area contributed by atoms with Gasteiger partial charge in [0.15, 0.2) is 0 Å². The molecule has 1 aromatic carbocycles. The minimum Gasteiger partial charge on any atom is -0.381 e. The fourth-order valence-electron chi connectivity index (χ4n) is 4.67. The van der Waals surface area contributed by atoms with Gasteiger partial charge in [-0.1, -0.05) is 24.6 Å². The molecule has 1 N–H and O–H groups in total. The van der Waals surface area contributed by atoms with E-state index in [1.54, 1.807) is 5.01 Å². The quantitative estimate of drug-likeness (QED) is 0.399. The zero-order chi connectivity index (χ0) is 21.3. The molecule has 0 aliphatic carbocycles. The topological polar surface area (TPSA) is 57.2 Å². The first kappa shape index (κ1) is 22.5. The molecule has 2 unspecified atom stereocenters. The van der Waals surface area contributed by atoms with E-state index in [0.29, 0.717) is 30.1 Å². The number of likely N-dealkylation sites (tertiary alicyclic amines) is 1. The number of piperidine rings is 1. The summed E-state index contributed by atoms with van der Waals surface area (Å²) in [5.41, 5.74) is 2.06. The molecule has 6 heteroatoms. The number of benzene rings is 1. The maximum absolute atomic E-state index is 11.3. The maximum Gasteiger partial charge on any atom is 0.212 e. The fraction of sp³-hybridized carbons (Fsp3) is 0.583. The van der Waals surface area contributed by atoms with Gasteiger partial charge in [0.2, 0.25) is 6.41 Å². The molecule has 0 aromatic heterocycles. The van der Waals surface area contributed by atoms with Gasteiger partial charge in [-0.05, 0) is 82.2 Å². The summed E-state index contributed by atoms with van der Waals surface area (Å²) in [7, 11) is 0. The normalized spacial score (nSPS) is 22.7. The van der Waals surface area contributed by atoms with Crippen LogP contribution >= 0.6 is 0 Å². The van der Waals surface area contributed by atoms with Gasteiger partial charge in [0.25, 0.3) is 0 Å². The van der Waals surface area contributed by atoms with Crippen LogP contribution in [0, 0.1) is 18.8 Å². The Morgan fingerprint density at radius 2 is 1.97 bits per heavy atom. The van der Waals surface area contributed by atoms with Gasteiger partial charge >= 0.3 is 0 Å². The number of nitrogens with one attached hydrogen (secondary N) is 1. The number of allylic oxidation sites excluding steroid dienone is 1. The SMILES string of the molecule is C=NN(/C(=C\C(C)C1CCN(C2CCCOCC2)CC1)NC=O)c1ccc(C)cc1. The molecule has 0 bridgehead atoms. The summed E-state index contributed by atoms with van der Waals surface area (Å²) in [6.07, 6.45) is 8.78. The molecule has 1 aromatic rings.